The van der Waals surface area contributed by atoms with Crippen LogP contribution in [-0.4, -0.2) is 49.3 Å². The zero-order valence-electron chi connectivity index (χ0n) is 16.3. The second-order valence-electron chi connectivity index (χ2n) is 7.20. The van der Waals surface area contributed by atoms with Gasteiger partial charge in [0.25, 0.3) is 5.91 Å². The van der Waals surface area contributed by atoms with Crippen LogP contribution in [0, 0.1) is 0 Å². The predicted octanol–water partition coefficient (Wildman–Crippen LogP) is 2.32. The van der Waals surface area contributed by atoms with Crippen molar-refractivity contribution in [1.29, 1.82) is 0 Å². The first-order valence-electron chi connectivity index (χ1n) is 9.26. The molecule has 0 spiro atoms. The largest absolute Gasteiger partial charge is 0.449 e. The molecule has 0 unspecified atom stereocenters. The van der Waals surface area contributed by atoms with E-state index in [4.69, 9.17) is 4.74 Å². The molecule has 1 aromatic carbocycles. The molecule has 7 nitrogen and oxygen atoms in total. The Labute approximate surface area is 161 Å². The smallest absolute Gasteiger partial charge is 0.338 e. The van der Waals surface area contributed by atoms with Crippen LogP contribution in [0.2, 0.25) is 0 Å². The normalized spacial score (nSPS) is 19.5. The first-order valence-corrected chi connectivity index (χ1v) is 10.7. The molecule has 1 N–H and O–H groups in total. The van der Waals surface area contributed by atoms with Crippen molar-refractivity contribution in [2.24, 2.45) is 0 Å². The Hall–Kier alpha value is -1.93. The second kappa shape index (κ2) is 8.84. The van der Waals surface area contributed by atoms with Crippen LogP contribution in [0.25, 0.3) is 0 Å². The molecule has 2 atom stereocenters. The SMILES string of the molecule is CC(C)NC(=O)[C@H](C)OC(=O)c1cccc(S(=O)(=O)N2CCCC[C@@H]2C)c1. The third-order valence-electron chi connectivity index (χ3n) is 4.50. The Morgan fingerprint density at radius 1 is 1.22 bits per heavy atom. The summed E-state index contributed by atoms with van der Waals surface area (Å²) in [6, 6.07) is 5.64. The zero-order chi connectivity index (χ0) is 20.2. The number of amides is 1. The number of nitrogens with one attached hydrogen (secondary N) is 1. The van der Waals surface area contributed by atoms with E-state index in [-0.39, 0.29) is 22.5 Å². The van der Waals surface area contributed by atoms with Crippen LogP contribution in [-0.2, 0) is 19.6 Å². The summed E-state index contributed by atoms with van der Waals surface area (Å²) >= 11 is 0. The minimum atomic E-state index is -3.68. The van der Waals surface area contributed by atoms with Gasteiger partial charge in [-0.3, -0.25) is 4.79 Å². The fourth-order valence-electron chi connectivity index (χ4n) is 3.03. The molecule has 27 heavy (non-hydrogen) atoms. The van der Waals surface area contributed by atoms with E-state index in [1.54, 1.807) is 0 Å². The van der Waals surface area contributed by atoms with Gasteiger partial charge >= 0.3 is 5.97 Å². The highest BCUT2D eigenvalue weighted by atomic mass is 32.2. The minimum absolute atomic E-state index is 0.0602. The lowest BCUT2D eigenvalue weighted by Crippen LogP contribution is -2.42. The van der Waals surface area contributed by atoms with E-state index >= 15 is 0 Å². The standard InChI is InChI=1S/C19H28N2O5S/c1-13(2)20-18(22)15(4)26-19(23)16-9-7-10-17(12-16)27(24,25)21-11-6-5-8-14(21)3/h7,9-10,12-15H,5-6,8,11H2,1-4H3,(H,20,22)/t14-,15-/m0/s1. The topological polar surface area (TPSA) is 92.8 Å². The van der Waals surface area contributed by atoms with E-state index in [9.17, 15) is 18.0 Å². The number of sulfonamides is 1. The Morgan fingerprint density at radius 3 is 2.56 bits per heavy atom. The molecular formula is C19H28N2O5S. The molecule has 2 rings (SSSR count). The van der Waals surface area contributed by atoms with E-state index in [2.05, 4.69) is 5.32 Å². The number of ether oxygens (including phenoxy) is 1. The maximum absolute atomic E-state index is 12.9. The summed E-state index contributed by atoms with van der Waals surface area (Å²) in [5.41, 5.74) is 0.102. The number of benzene rings is 1. The van der Waals surface area contributed by atoms with Gasteiger partial charge in [-0.05, 0) is 58.7 Å². The Kier molecular flexibility index (Phi) is 7.00. The van der Waals surface area contributed by atoms with Crippen LogP contribution in [0.15, 0.2) is 29.2 Å². The Bertz CT molecular complexity index is 791. The molecule has 1 saturated heterocycles. The number of carbonyl (C=O) groups excluding carboxylic acids is 2. The summed E-state index contributed by atoms with van der Waals surface area (Å²) in [4.78, 5) is 24.3. The van der Waals surface area contributed by atoms with Gasteiger partial charge in [-0.15, -0.1) is 0 Å². The van der Waals surface area contributed by atoms with E-state index < -0.39 is 28.0 Å². The maximum atomic E-state index is 12.9. The van der Waals surface area contributed by atoms with Gasteiger partial charge in [0.2, 0.25) is 10.0 Å². The molecule has 0 aliphatic carbocycles. The molecule has 1 heterocycles. The van der Waals surface area contributed by atoms with Crippen LogP contribution in [0.3, 0.4) is 0 Å². The Balaban J connectivity index is 2.16. The van der Waals surface area contributed by atoms with E-state index in [1.165, 1.54) is 35.5 Å². The molecule has 1 aliphatic rings. The molecule has 1 aliphatic heterocycles. The minimum Gasteiger partial charge on any atom is -0.449 e. The van der Waals surface area contributed by atoms with E-state index in [0.717, 1.165) is 19.3 Å². The summed E-state index contributed by atoms with van der Waals surface area (Å²) < 4.78 is 32.5. The first-order chi connectivity index (χ1) is 12.6. The Morgan fingerprint density at radius 2 is 1.93 bits per heavy atom. The highest BCUT2D eigenvalue weighted by Crippen LogP contribution is 2.25. The molecule has 150 valence electrons. The fourth-order valence-corrected chi connectivity index (χ4v) is 4.78. The summed E-state index contributed by atoms with van der Waals surface area (Å²) in [7, 11) is -3.68. The molecular weight excluding hydrogens is 368 g/mol. The quantitative estimate of drug-likeness (QED) is 0.745. The lowest BCUT2D eigenvalue weighted by molar-refractivity contribution is -0.129. The fraction of sp³-hybridized carbons (Fsp3) is 0.579. The van der Waals surface area contributed by atoms with Gasteiger partial charge in [0.1, 0.15) is 0 Å². The van der Waals surface area contributed by atoms with Gasteiger partial charge in [-0.25, -0.2) is 13.2 Å². The number of hydrogen-bond acceptors (Lipinski definition) is 5. The van der Waals surface area contributed by atoms with Crippen LogP contribution < -0.4 is 5.32 Å². The number of piperidine rings is 1. The van der Waals surface area contributed by atoms with E-state index in [1.807, 2.05) is 20.8 Å². The van der Waals surface area contributed by atoms with Gasteiger partial charge in [0.15, 0.2) is 6.10 Å². The number of esters is 1. The summed E-state index contributed by atoms with van der Waals surface area (Å²) in [5.74, 6) is -1.13. The maximum Gasteiger partial charge on any atom is 0.338 e. The van der Waals surface area contributed by atoms with Crippen molar-refractivity contribution in [2.45, 2.75) is 70.0 Å². The molecule has 0 bridgehead atoms. The van der Waals surface area contributed by atoms with Crippen molar-refractivity contribution in [3.05, 3.63) is 29.8 Å². The van der Waals surface area contributed by atoms with Crippen molar-refractivity contribution < 1.29 is 22.7 Å². The van der Waals surface area contributed by atoms with Gasteiger partial charge in [-0.1, -0.05) is 12.5 Å². The molecule has 1 aromatic rings. The number of nitrogens with zero attached hydrogens (tertiary/aromatic N) is 1. The van der Waals surface area contributed by atoms with Gasteiger partial charge < -0.3 is 10.1 Å². The van der Waals surface area contributed by atoms with Crippen LogP contribution >= 0.6 is 0 Å². The lowest BCUT2D eigenvalue weighted by Gasteiger charge is -2.32. The monoisotopic (exact) mass is 396 g/mol. The van der Waals surface area contributed by atoms with Crippen molar-refractivity contribution >= 4 is 21.9 Å². The molecule has 0 radical (unpaired) electrons. The summed E-state index contributed by atoms with van der Waals surface area (Å²) in [6.45, 7) is 7.46. The van der Waals surface area contributed by atoms with Crippen LogP contribution in [0.5, 0.6) is 0 Å². The van der Waals surface area contributed by atoms with Crippen molar-refractivity contribution in [1.82, 2.24) is 9.62 Å². The molecule has 1 fully saturated rings. The highest BCUT2D eigenvalue weighted by molar-refractivity contribution is 7.89. The third kappa shape index (κ3) is 5.29. The number of carbonyl (C=O) groups is 2. The predicted molar refractivity (Wildman–Crippen MR) is 102 cm³/mol. The molecule has 8 heteroatoms. The van der Waals surface area contributed by atoms with Gasteiger partial charge in [0, 0.05) is 18.6 Å². The molecule has 1 amide bonds. The van der Waals surface area contributed by atoms with Crippen molar-refractivity contribution in [3.8, 4) is 0 Å². The molecule has 0 aromatic heterocycles. The second-order valence-corrected chi connectivity index (χ2v) is 9.09. The summed E-state index contributed by atoms with van der Waals surface area (Å²) in [5, 5.41) is 2.66. The van der Waals surface area contributed by atoms with Crippen molar-refractivity contribution in [2.75, 3.05) is 6.54 Å². The lowest BCUT2D eigenvalue weighted by atomic mass is 10.1. The van der Waals surface area contributed by atoms with Gasteiger partial charge in [0.05, 0.1) is 10.5 Å². The third-order valence-corrected chi connectivity index (χ3v) is 6.51. The van der Waals surface area contributed by atoms with Crippen molar-refractivity contribution in [3.63, 3.8) is 0 Å². The average molecular weight is 397 g/mol. The number of rotatable bonds is 6. The first kappa shape index (κ1) is 21.4. The highest BCUT2D eigenvalue weighted by Gasteiger charge is 2.31. The van der Waals surface area contributed by atoms with Crippen LogP contribution in [0.1, 0.15) is 57.3 Å². The average Bonchev–Trinajstić information content (AvgIpc) is 2.61. The molecule has 0 saturated carbocycles. The number of hydrogen-bond donors (Lipinski definition) is 1. The van der Waals surface area contributed by atoms with E-state index in [0.29, 0.717) is 6.54 Å². The van der Waals surface area contributed by atoms with Crippen LogP contribution in [0.4, 0.5) is 0 Å². The zero-order valence-corrected chi connectivity index (χ0v) is 17.1. The summed E-state index contributed by atoms with van der Waals surface area (Å²) in [6.07, 6.45) is 1.69. The van der Waals surface area contributed by atoms with Gasteiger partial charge in [-0.2, -0.15) is 4.31 Å².